The molecule has 0 heterocycles. The first kappa shape index (κ1) is 34.2. The van der Waals surface area contributed by atoms with Crippen molar-refractivity contribution in [2.24, 2.45) is 5.92 Å². The maximum absolute atomic E-state index is 14.6. The zero-order valence-corrected chi connectivity index (χ0v) is 28.0. The Balaban J connectivity index is 1.83. The highest BCUT2D eigenvalue weighted by molar-refractivity contribution is 7.92. The van der Waals surface area contributed by atoms with Gasteiger partial charge in [0, 0.05) is 19.5 Å². The second kappa shape index (κ2) is 15.6. The zero-order chi connectivity index (χ0) is 33.3. The third kappa shape index (κ3) is 8.75. The normalized spacial score (nSPS) is 12.0. The quantitative estimate of drug-likeness (QED) is 0.185. The molecule has 4 aromatic rings. The van der Waals surface area contributed by atoms with Crippen LogP contribution in [0.15, 0.2) is 108 Å². The van der Waals surface area contributed by atoms with Crippen molar-refractivity contribution in [2.75, 3.05) is 24.5 Å². The van der Waals surface area contributed by atoms with Gasteiger partial charge in [0.2, 0.25) is 11.8 Å². The van der Waals surface area contributed by atoms with E-state index < -0.39 is 28.5 Å². The minimum Gasteiger partial charge on any atom is -0.495 e. The molecule has 2 amide bonds. The van der Waals surface area contributed by atoms with Gasteiger partial charge in [0.25, 0.3) is 10.0 Å². The van der Waals surface area contributed by atoms with Gasteiger partial charge in [0.15, 0.2) is 0 Å². The lowest BCUT2D eigenvalue weighted by atomic mass is 10.0. The van der Waals surface area contributed by atoms with Crippen molar-refractivity contribution in [3.8, 4) is 5.75 Å². The molecule has 9 heteroatoms. The number of para-hydroxylation sites is 2. The largest absolute Gasteiger partial charge is 0.495 e. The van der Waals surface area contributed by atoms with Crippen molar-refractivity contribution in [1.29, 1.82) is 0 Å². The topological polar surface area (TPSA) is 96.0 Å². The number of rotatable bonds is 14. The van der Waals surface area contributed by atoms with E-state index in [9.17, 15) is 18.0 Å². The number of nitrogens with one attached hydrogen (secondary N) is 1. The lowest BCUT2D eigenvalue weighted by Crippen LogP contribution is -2.53. The molecule has 0 saturated carbocycles. The van der Waals surface area contributed by atoms with E-state index in [0.717, 1.165) is 26.6 Å². The number of sulfonamides is 1. The van der Waals surface area contributed by atoms with Gasteiger partial charge in [-0.05, 0) is 55.2 Å². The lowest BCUT2D eigenvalue weighted by molar-refractivity contribution is -0.140. The molecule has 46 heavy (non-hydrogen) atoms. The number of amides is 2. The van der Waals surface area contributed by atoms with E-state index in [0.29, 0.717) is 12.3 Å². The van der Waals surface area contributed by atoms with Crippen LogP contribution in [0, 0.1) is 19.8 Å². The molecule has 0 aliphatic carbocycles. The fourth-order valence-corrected chi connectivity index (χ4v) is 6.59. The molecule has 1 unspecified atom stereocenters. The van der Waals surface area contributed by atoms with Crippen LogP contribution in [0.1, 0.15) is 36.1 Å². The third-order valence-electron chi connectivity index (χ3n) is 7.63. The van der Waals surface area contributed by atoms with Crippen LogP contribution in [0.2, 0.25) is 0 Å². The second-order valence-electron chi connectivity index (χ2n) is 11.9. The van der Waals surface area contributed by atoms with Gasteiger partial charge in [0.1, 0.15) is 18.3 Å². The Kier molecular flexibility index (Phi) is 11.6. The van der Waals surface area contributed by atoms with E-state index in [-0.39, 0.29) is 35.4 Å². The van der Waals surface area contributed by atoms with Crippen molar-refractivity contribution in [3.05, 3.63) is 125 Å². The van der Waals surface area contributed by atoms with E-state index in [2.05, 4.69) is 5.32 Å². The number of anilines is 1. The van der Waals surface area contributed by atoms with Gasteiger partial charge >= 0.3 is 0 Å². The Morgan fingerprint density at radius 1 is 0.804 bits per heavy atom. The standard InChI is InChI=1S/C37H43N3O5S/c1-27(2)24-38-37(42)34(23-30-13-7-6-8-14-30)39(25-31-15-11-12-29(4)22-31)36(41)26-40(33-16-9-10-17-35(33)45-5)46(43,44)32-20-18-28(3)19-21-32/h6-22,27,34H,23-26H2,1-5H3,(H,38,42). The molecule has 4 rings (SSSR count). The van der Waals surface area contributed by atoms with Crippen LogP contribution in [0.3, 0.4) is 0 Å². The van der Waals surface area contributed by atoms with Gasteiger partial charge in [-0.2, -0.15) is 0 Å². The van der Waals surface area contributed by atoms with Crippen LogP contribution in [-0.4, -0.2) is 51.4 Å². The summed E-state index contributed by atoms with van der Waals surface area (Å²) in [5.74, 6) is -0.331. The van der Waals surface area contributed by atoms with Crippen LogP contribution >= 0.6 is 0 Å². The molecule has 0 aromatic heterocycles. The average Bonchev–Trinajstić information content (AvgIpc) is 3.04. The van der Waals surface area contributed by atoms with Crippen molar-refractivity contribution in [2.45, 2.75) is 51.6 Å². The summed E-state index contributed by atoms with van der Waals surface area (Å²) in [4.78, 5) is 30.1. The number of hydrogen-bond acceptors (Lipinski definition) is 5. The number of carbonyl (C=O) groups is 2. The zero-order valence-electron chi connectivity index (χ0n) is 27.1. The Labute approximate surface area is 273 Å². The van der Waals surface area contributed by atoms with Crippen molar-refractivity contribution >= 4 is 27.5 Å². The highest BCUT2D eigenvalue weighted by Gasteiger charge is 2.35. The first-order chi connectivity index (χ1) is 22.0. The molecule has 0 aliphatic rings. The number of ether oxygens (including phenoxy) is 1. The highest BCUT2D eigenvalue weighted by Crippen LogP contribution is 2.33. The third-order valence-corrected chi connectivity index (χ3v) is 9.41. The van der Waals surface area contributed by atoms with Crippen molar-refractivity contribution < 1.29 is 22.7 Å². The molecule has 1 N–H and O–H groups in total. The summed E-state index contributed by atoms with van der Waals surface area (Å²) in [5.41, 5.74) is 3.83. The van der Waals surface area contributed by atoms with Gasteiger partial charge in [-0.3, -0.25) is 13.9 Å². The molecule has 0 radical (unpaired) electrons. The molecule has 0 bridgehead atoms. The molecule has 242 valence electrons. The monoisotopic (exact) mass is 641 g/mol. The highest BCUT2D eigenvalue weighted by atomic mass is 32.2. The van der Waals surface area contributed by atoms with Gasteiger partial charge in [-0.15, -0.1) is 0 Å². The number of methoxy groups -OCH3 is 1. The number of aryl methyl sites for hydroxylation is 2. The molecule has 0 fully saturated rings. The van der Waals surface area contributed by atoms with E-state index in [1.54, 1.807) is 36.4 Å². The fourth-order valence-electron chi connectivity index (χ4n) is 5.17. The molecule has 8 nitrogen and oxygen atoms in total. The Hall–Kier alpha value is -4.63. The smallest absolute Gasteiger partial charge is 0.264 e. The maximum Gasteiger partial charge on any atom is 0.264 e. The van der Waals surface area contributed by atoms with E-state index in [1.807, 2.05) is 82.3 Å². The van der Waals surface area contributed by atoms with Crippen LogP contribution in [-0.2, 0) is 32.6 Å². The Morgan fingerprint density at radius 3 is 2.11 bits per heavy atom. The summed E-state index contributed by atoms with van der Waals surface area (Å²) in [6, 6.07) is 29.5. The molecular formula is C37H43N3O5S. The Morgan fingerprint density at radius 2 is 1.46 bits per heavy atom. The van der Waals surface area contributed by atoms with Gasteiger partial charge in [-0.1, -0.05) is 104 Å². The van der Waals surface area contributed by atoms with Crippen LogP contribution in [0.5, 0.6) is 5.75 Å². The summed E-state index contributed by atoms with van der Waals surface area (Å²) in [5, 5.41) is 3.01. The summed E-state index contributed by atoms with van der Waals surface area (Å²) >= 11 is 0. The summed E-state index contributed by atoms with van der Waals surface area (Å²) in [6.07, 6.45) is 0.252. The first-order valence-corrected chi connectivity index (χ1v) is 16.8. The van der Waals surface area contributed by atoms with Crippen LogP contribution in [0.4, 0.5) is 5.69 Å². The van der Waals surface area contributed by atoms with Gasteiger partial charge < -0.3 is 15.0 Å². The minimum absolute atomic E-state index is 0.0394. The Bertz CT molecular complexity index is 1720. The average molecular weight is 642 g/mol. The minimum atomic E-state index is -4.23. The molecule has 0 aliphatic heterocycles. The summed E-state index contributed by atoms with van der Waals surface area (Å²) < 4.78 is 35.2. The van der Waals surface area contributed by atoms with Gasteiger partial charge in [0.05, 0.1) is 17.7 Å². The van der Waals surface area contributed by atoms with E-state index in [1.165, 1.54) is 24.1 Å². The van der Waals surface area contributed by atoms with Crippen molar-refractivity contribution in [1.82, 2.24) is 10.2 Å². The number of benzene rings is 4. The van der Waals surface area contributed by atoms with Crippen molar-refractivity contribution in [3.63, 3.8) is 0 Å². The summed E-state index contributed by atoms with van der Waals surface area (Å²) in [7, 11) is -2.78. The predicted octanol–water partition coefficient (Wildman–Crippen LogP) is 5.92. The number of carbonyl (C=O) groups excluding carboxylic acids is 2. The maximum atomic E-state index is 14.6. The SMILES string of the molecule is COc1ccccc1N(CC(=O)N(Cc1cccc(C)c1)C(Cc1ccccc1)C(=O)NCC(C)C)S(=O)(=O)c1ccc(C)cc1. The van der Waals surface area contributed by atoms with Crippen LogP contribution < -0.4 is 14.4 Å². The molecule has 0 spiro atoms. The second-order valence-corrected chi connectivity index (χ2v) is 13.7. The fraction of sp³-hybridized carbons (Fsp3) is 0.297. The molecule has 0 saturated heterocycles. The first-order valence-electron chi connectivity index (χ1n) is 15.4. The number of nitrogens with zero attached hydrogens (tertiary/aromatic N) is 2. The number of hydrogen-bond donors (Lipinski definition) is 1. The van der Waals surface area contributed by atoms with E-state index >= 15 is 0 Å². The molecular weight excluding hydrogens is 598 g/mol. The predicted molar refractivity (Wildman–Crippen MR) is 182 cm³/mol. The molecule has 4 aromatic carbocycles. The summed E-state index contributed by atoms with van der Waals surface area (Å²) in [6.45, 7) is 7.84. The van der Waals surface area contributed by atoms with Gasteiger partial charge in [-0.25, -0.2) is 8.42 Å². The van der Waals surface area contributed by atoms with E-state index in [4.69, 9.17) is 4.74 Å². The lowest BCUT2D eigenvalue weighted by Gasteiger charge is -2.34. The van der Waals surface area contributed by atoms with Crippen LogP contribution in [0.25, 0.3) is 0 Å². The molecule has 1 atom stereocenters.